The third-order valence-corrected chi connectivity index (χ3v) is 3.85. The Kier molecular flexibility index (Phi) is 5.86. The molecule has 7 heteroatoms. The minimum atomic E-state index is -0.290. The molecule has 0 aliphatic carbocycles. The van der Waals surface area contributed by atoms with Crippen LogP contribution in [-0.2, 0) is 4.79 Å². The summed E-state index contributed by atoms with van der Waals surface area (Å²) in [6.45, 7) is 1.46. The number of hydrogen-bond acceptors (Lipinski definition) is 5. The molecule has 0 unspecified atom stereocenters. The normalized spacial score (nSPS) is 10.1. The number of carbonyl (C=O) groups is 2. The zero-order valence-electron chi connectivity index (χ0n) is 15.5. The molecule has 142 valence electrons. The number of benzene rings is 2. The minimum Gasteiger partial charge on any atom is -0.495 e. The van der Waals surface area contributed by atoms with Crippen LogP contribution in [0.25, 0.3) is 0 Å². The maximum absolute atomic E-state index is 12.6. The number of methoxy groups -OCH3 is 1. The Morgan fingerprint density at radius 3 is 2.32 bits per heavy atom. The van der Waals surface area contributed by atoms with E-state index in [0.717, 1.165) is 5.69 Å². The third kappa shape index (κ3) is 4.85. The van der Waals surface area contributed by atoms with Crippen molar-refractivity contribution >= 4 is 34.6 Å². The van der Waals surface area contributed by atoms with Gasteiger partial charge in [0.15, 0.2) is 0 Å². The van der Waals surface area contributed by atoms with Gasteiger partial charge in [-0.25, -0.2) is 0 Å². The summed E-state index contributed by atoms with van der Waals surface area (Å²) < 4.78 is 5.25. The molecule has 0 radical (unpaired) electrons. The van der Waals surface area contributed by atoms with Gasteiger partial charge in [0, 0.05) is 24.5 Å². The van der Waals surface area contributed by atoms with Crippen LogP contribution in [-0.4, -0.2) is 23.9 Å². The van der Waals surface area contributed by atoms with Gasteiger partial charge in [-0.3, -0.25) is 14.6 Å². The van der Waals surface area contributed by atoms with Crippen molar-refractivity contribution in [3.63, 3.8) is 0 Å². The van der Waals surface area contributed by atoms with Gasteiger partial charge in [-0.05, 0) is 42.5 Å². The van der Waals surface area contributed by atoms with Crippen LogP contribution < -0.4 is 20.7 Å². The molecular formula is C21H20N4O3. The lowest BCUT2D eigenvalue weighted by molar-refractivity contribution is -0.114. The van der Waals surface area contributed by atoms with Crippen molar-refractivity contribution in [3.05, 3.63) is 72.6 Å². The van der Waals surface area contributed by atoms with E-state index in [0.29, 0.717) is 28.4 Å². The van der Waals surface area contributed by atoms with Gasteiger partial charge in [0.25, 0.3) is 5.91 Å². The molecule has 0 saturated heterocycles. The topological polar surface area (TPSA) is 92.3 Å². The molecule has 1 aromatic heterocycles. The molecule has 1 heterocycles. The average Bonchev–Trinajstić information content (AvgIpc) is 2.70. The molecule has 0 atom stereocenters. The van der Waals surface area contributed by atoms with Crippen LogP contribution in [0.4, 0.5) is 22.7 Å². The van der Waals surface area contributed by atoms with Crippen LogP contribution in [0.2, 0.25) is 0 Å². The molecular weight excluding hydrogens is 356 g/mol. The minimum absolute atomic E-state index is 0.126. The summed E-state index contributed by atoms with van der Waals surface area (Å²) in [7, 11) is 1.55. The third-order valence-electron chi connectivity index (χ3n) is 3.85. The van der Waals surface area contributed by atoms with Crippen LogP contribution in [0.3, 0.4) is 0 Å². The van der Waals surface area contributed by atoms with Crippen molar-refractivity contribution in [1.29, 1.82) is 0 Å². The predicted octanol–water partition coefficient (Wildman–Crippen LogP) is 4.04. The Bertz CT molecular complexity index is 987. The Labute approximate surface area is 162 Å². The molecule has 0 spiro atoms. The van der Waals surface area contributed by atoms with Crippen molar-refractivity contribution < 1.29 is 14.3 Å². The fourth-order valence-electron chi connectivity index (χ4n) is 2.58. The number of pyridine rings is 1. The second-order valence-corrected chi connectivity index (χ2v) is 6.00. The summed E-state index contributed by atoms with van der Waals surface area (Å²) in [6, 6.07) is 16.1. The zero-order chi connectivity index (χ0) is 19.9. The van der Waals surface area contributed by atoms with Gasteiger partial charge < -0.3 is 20.7 Å². The summed E-state index contributed by atoms with van der Waals surface area (Å²) in [4.78, 5) is 27.8. The fraction of sp³-hybridized carbons (Fsp3) is 0.0952. The number of ether oxygens (including phenoxy) is 1. The summed E-state index contributed by atoms with van der Waals surface area (Å²) in [6.07, 6.45) is 3.12. The largest absolute Gasteiger partial charge is 0.495 e. The second-order valence-electron chi connectivity index (χ2n) is 6.00. The summed E-state index contributed by atoms with van der Waals surface area (Å²) in [5, 5.41) is 8.72. The van der Waals surface area contributed by atoms with Crippen LogP contribution >= 0.6 is 0 Å². The lowest BCUT2D eigenvalue weighted by Crippen LogP contribution is -2.13. The number of amides is 2. The molecule has 0 fully saturated rings. The van der Waals surface area contributed by atoms with Crippen molar-refractivity contribution in [2.45, 2.75) is 6.92 Å². The fourth-order valence-corrected chi connectivity index (χ4v) is 2.58. The SMILES string of the molecule is COc1ccccc1NC(=O)c1cncc(Nc2ccc(NC(C)=O)cc2)c1. The molecule has 0 bridgehead atoms. The number of nitrogens with one attached hydrogen (secondary N) is 3. The molecule has 28 heavy (non-hydrogen) atoms. The van der Waals surface area contributed by atoms with Gasteiger partial charge in [0.2, 0.25) is 5.91 Å². The molecule has 2 amide bonds. The molecule has 0 saturated carbocycles. The number of nitrogens with zero attached hydrogens (tertiary/aromatic N) is 1. The van der Waals surface area contributed by atoms with Crippen molar-refractivity contribution in [2.75, 3.05) is 23.1 Å². The maximum atomic E-state index is 12.6. The lowest BCUT2D eigenvalue weighted by atomic mass is 10.2. The van der Waals surface area contributed by atoms with E-state index in [4.69, 9.17) is 4.74 Å². The highest BCUT2D eigenvalue weighted by Gasteiger charge is 2.10. The van der Waals surface area contributed by atoms with E-state index in [1.807, 2.05) is 24.3 Å². The Morgan fingerprint density at radius 1 is 0.893 bits per heavy atom. The number of carbonyl (C=O) groups excluding carboxylic acids is 2. The first kappa shape index (κ1) is 18.9. The van der Waals surface area contributed by atoms with Gasteiger partial charge in [0.1, 0.15) is 5.75 Å². The highest BCUT2D eigenvalue weighted by Crippen LogP contribution is 2.24. The molecule has 0 aliphatic rings. The number of anilines is 4. The smallest absolute Gasteiger partial charge is 0.257 e. The van der Waals surface area contributed by atoms with E-state index in [2.05, 4.69) is 20.9 Å². The van der Waals surface area contributed by atoms with Crippen LogP contribution in [0.15, 0.2) is 67.0 Å². The number of hydrogen-bond donors (Lipinski definition) is 3. The van der Waals surface area contributed by atoms with Crippen LogP contribution in [0, 0.1) is 0 Å². The predicted molar refractivity (Wildman–Crippen MR) is 109 cm³/mol. The van der Waals surface area contributed by atoms with Gasteiger partial charge in [-0.2, -0.15) is 0 Å². The zero-order valence-corrected chi connectivity index (χ0v) is 15.5. The summed E-state index contributed by atoms with van der Waals surface area (Å²) >= 11 is 0. The van der Waals surface area contributed by atoms with Crippen molar-refractivity contribution in [3.8, 4) is 5.75 Å². The van der Waals surface area contributed by atoms with E-state index in [-0.39, 0.29) is 11.8 Å². The molecule has 3 aromatic rings. The van der Waals surface area contributed by atoms with Gasteiger partial charge in [0.05, 0.1) is 30.2 Å². The summed E-state index contributed by atoms with van der Waals surface area (Å²) in [5.41, 5.74) is 3.17. The highest BCUT2D eigenvalue weighted by atomic mass is 16.5. The quantitative estimate of drug-likeness (QED) is 0.604. The average molecular weight is 376 g/mol. The molecule has 3 rings (SSSR count). The van der Waals surface area contributed by atoms with E-state index in [1.54, 1.807) is 43.6 Å². The van der Waals surface area contributed by atoms with Crippen molar-refractivity contribution in [2.24, 2.45) is 0 Å². The second kappa shape index (κ2) is 8.68. The Morgan fingerprint density at radius 2 is 1.61 bits per heavy atom. The number of aromatic nitrogens is 1. The molecule has 3 N–H and O–H groups in total. The number of para-hydroxylation sites is 2. The van der Waals surface area contributed by atoms with Crippen LogP contribution in [0.5, 0.6) is 5.75 Å². The first-order valence-electron chi connectivity index (χ1n) is 8.59. The maximum Gasteiger partial charge on any atom is 0.257 e. The van der Waals surface area contributed by atoms with Crippen molar-refractivity contribution in [1.82, 2.24) is 4.98 Å². The molecule has 0 aliphatic heterocycles. The standard InChI is InChI=1S/C21H20N4O3/c1-14(26)23-16-7-9-17(10-8-16)24-18-11-15(12-22-13-18)21(27)25-19-5-3-4-6-20(19)28-2/h3-13,24H,1-2H3,(H,23,26)(H,25,27). The van der Waals surface area contributed by atoms with E-state index >= 15 is 0 Å². The summed E-state index contributed by atoms with van der Waals surface area (Å²) in [5.74, 6) is 0.165. The molecule has 7 nitrogen and oxygen atoms in total. The highest BCUT2D eigenvalue weighted by molar-refractivity contribution is 6.05. The van der Waals surface area contributed by atoms with Crippen LogP contribution in [0.1, 0.15) is 17.3 Å². The van der Waals surface area contributed by atoms with E-state index in [9.17, 15) is 9.59 Å². The monoisotopic (exact) mass is 376 g/mol. The Balaban J connectivity index is 1.71. The molecule has 2 aromatic carbocycles. The van der Waals surface area contributed by atoms with E-state index in [1.165, 1.54) is 13.1 Å². The van der Waals surface area contributed by atoms with Gasteiger partial charge >= 0.3 is 0 Å². The first-order valence-corrected chi connectivity index (χ1v) is 8.59. The lowest BCUT2D eigenvalue weighted by Gasteiger charge is -2.11. The van der Waals surface area contributed by atoms with Gasteiger partial charge in [-0.1, -0.05) is 12.1 Å². The van der Waals surface area contributed by atoms with Gasteiger partial charge in [-0.15, -0.1) is 0 Å². The van der Waals surface area contributed by atoms with E-state index < -0.39 is 0 Å². The first-order chi connectivity index (χ1) is 13.5. The Hall–Kier alpha value is -3.87. The number of rotatable bonds is 6.